The van der Waals surface area contributed by atoms with Gasteiger partial charge in [0.25, 0.3) is 0 Å². The third-order valence-electron chi connectivity index (χ3n) is 5.45. The molecule has 0 fully saturated rings. The largest absolute Gasteiger partial charge is 0.573 e. The lowest BCUT2D eigenvalue weighted by molar-refractivity contribution is -0.274. The van der Waals surface area contributed by atoms with Gasteiger partial charge in [0, 0.05) is 24.4 Å². The summed E-state index contributed by atoms with van der Waals surface area (Å²) in [6, 6.07) is 13.0. The molecule has 3 aromatic carbocycles. The van der Waals surface area contributed by atoms with Crippen LogP contribution in [0.3, 0.4) is 0 Å². The Morgan fingerprint density at radius 3 is 2.11 bits per heavy atom. The Kier molecular flexibility index (Phi) is 6.69. The van der Waals surface area contributed by atoms with Gasteiger partial charge in [-0.2, -0.15) is 0 Å². The van der Waals surface area contributed by atoms with Crippen molar-refractivity contribution in [1.29, 1.82) is 0 Å². The van der Waals surface area contributed by atoms with E-state index < -0.39 is 23.4 Å². The van der Waals surface area contributed by atoms with Gasteiger partial charge in [-0.05, 0) is 48.0 Å². The lowest BCUT2D eigenvalue weighted by Crippen LogP contribution is -2.20. The fourth-order valence-corrected chi connectivity index (χ4v) is 3.76. The molecule has 186 valence electrons. The first-order valence-corrected chi connectivity index (χ1v) is 10.5. The van der Waals surface area contributed by atoms with E-state index in [0.717, 1.165) is 12.1 Å². The lowest BCUT2D eigenvalue weighted by Gasteiger charge is -2.16. The van der Waals surface area contributed by atoms with E-state index in [4.69, 9.17) is 9.47 Å². The molecule has 0 saturated carbocycles. The average molecular weight is 501 g/mol. The normalized spacial score (nSPS) is 11.4. The number of pyridine rings is 1. The number of alkyl halides is 3. The number of nitrogens with zero attached hydrogens (tertiary/aromatic N) is 1. The van der Waals surface area contributed by atoms with Gasteiger partial charge >= 0.3 is 6.36 Å². The predicted octanol–water partition coefficient (Wildman–Crippen LogP) is 5.34. The highest BCUT2D eigenvalue weighted by atomic mass is 19.4. The Balaban J connectivity index is 1.85. The quantitative estimate of drug-likeness (QED) is 0.253. The fraction of sp³-hybridized carbons (Fsp3) is 0.154. The molecule has 0 aliphatic carbocycles. The van der Waals surface area contributed by atoms with Gasteiger partial charge in [-0.3, -0.25) is 9.59 Å². The Labute approximate surface area is 202 Å². The zero-order valence-electron chi connectivity index (χ0n) is 19.1. The first kappa shape index (κ1) is 24.8. The van der Waals surface area contributed by atoms with Crippen LogP contribution < -0.4 is 19.6 Å². The van der Waals surface area contributed by atoms with Crippen LogP contribution in [0.1, 0.15) is 21.5 Å². The van der Waals surface area contributed by atoms with E-state index in [2.05, 4.69) is 4.74 Å². The summed E-state index contributed by atoms with van der Waals surface area (Å²) in [6.45, 7) is 0.0995. The molecule has 0 atom stereocenters. The molecule has 0 aliphatic heterocycles. The van der Waals surface area contributed by atoms with Crippen LogP contribution in [-0.2, 0) is 6.54 Å². The number of halogens is 4. The van der Waals surface area contributed by atoms with Crippen LogP contribution in [0.25, 0.3) is 10.9 Å². The van der Waals surface area contributed by atoms with Crippen molar-refractivity contribution in [2.75, 3.05) is 14.2 Å². The van der Waals surface area contributed by atoms with E-state index in [1.54, 1.807) is 10.6 Å². The minimum atomic E-state index is -4.82. The monoisotopic (exact) mass is 501 g/mol. The number of hydrogen-bond acceptors (Lipinski definition) is 5. The molecule has 1 heterocycles. The van der Waals surface area contributed by atoms with Gasteiger partial charge in [-0.1, -0.05) is 12.1 Å². The van der Waals surface area contributed by atoms with Crippen LogP contribution in [0.5, 0.6) is 17.2 Å². The van der Waals surface area contributed by atoms with Crippen molar-refractivity contribution in [2.24, 2.45) is 0 Å². The highest BCUT2D eigenvalue weighted by Gasteiger charge is 2.31. The third-order valence-corrected chi connectivity index (χ3v) is 5.45. The first-order chi connectivity index (χ1) is 17.1. The van der Waals surface area contributed by atoms with Crippen molar-refractivity contribution in [3.8, 4) is 17.2 Å². The Hall–Kier alpha value is -4.34. The van der Waals surface area contributed by atoms with E-state index in [-0.39, 0.29) is 34.6 Å². The van der Waals surface area contributed by atoms with Crippen LogP contribution >= 0.6 is 0 Å². The maximum atomic E-state index is 13.3. The SMILES string of the molecule is COc1cc2c(=O)c(C(=O)c3ccc(F)cc3)cn(Cc3ccc(OC(F)(F)F)cc3)c2cc1OC. The van der Waals surface area contributed by atoms with E-state index in [1.165, 1.54) is 62.9 Å². The van der Waals surface area contributed by atoms with Crippen molar-refractivity contribution in [3.05, 3.63) is 99.6 Å². The van der Waals surface area contributed by atoms with Crippen molar-refractivity contribution in [1.82, 2.24) is 4.57 Å². The number of methoxy groups -OCH3 is 2. The van der Waals surface area contributed by atoms with E-state index in [9.17, 15) is 27.2 Å². The number of carbonyl (C=O) groups excluding carboxylic acids is 1. The summed E-state index contributed by atoms with van der Waals surface area (Å²) in [5.74, 6) is -0.912. The topological polar surface area (TPSA) is 66.8 Å². The number of carbonyl (C=O) groups is 1. The zero-order chi connectivity index (χ0) is 26.0. The van der Waals surface area contributed by atoms with Crippen LogP contribution in [0.15, 0.2) is 71.7 Å². The van der Waals surface area contributed by atoms with Crippen LogP contribution in [0.2, 0.25) is 0 Å². The Morgan fingerprint density at radius 1 is 0.917 bits per heavy atom. The molecule has 10 heteroatoms. The van der Waals surface area contributed by atoms with Crippen molar-refractivity contribution in [2.45, 2.75) is 12.9 Å². The predicted molar refractivity (Wildman–Crippen MR) is 123 cm³/mol. The molecule has 0 bridgehead atoms. The number of aromatic nitrogens is 1. The smallest absolute Gasteiger partial charge is 0.493 e. The standard InChI is InChI=1S/C26H19F4NO5/c1-34-22-11-19-21(12-23(22)35-2)31(13-15-3-9-18(10-4-15)36-26(28,29)30)14-20(25(19)33)24(32)16-5-7-17(27)8-6-16/h3-12,14H,13H2,1-2H3. The molecular weight excluding hydrogens is 482 g/mol. The third kappa shape index (κ3) is 5.17. The van der Waals surface area contributed by atoms with Gasteiger partial charge in [0.05, 0.1) is 30.7 Å². The van der Waals surface area contributed by atoms with Gasteiger partial charge in [0.15, 0.2) is 17.3 Å². The number of hydrogen-bond donors (Lipinski definition) is 0. The van der Waals surface area contributed by atoms with Gasteiger partial charge in [0.1, 0.15) is 11.6 Å². The highest BCUT2D eigenvalue weighted by molar-refractivity contribution is 6.10. The fourth-order valence-electron chi connectivity index (χ4n) is 3.76. The highest BCUT2D eigenvalue weighted by Crippen LogP contribution is 2.32. The molecule has 0 unspecified atom stereocenters. The minimum absolute atomic E-state index is 0.0995. The van der Waals surface area contributed by atoms with Gasteiger partial charge in [0.2, 0.25) is 5.43 Å². The van der Waals surface area contributed by atoms with Gasteiger partial charge < -0.3 is 18.8 Å². The number of ether oxygens (including phenoxy) is 3. The average Bonchev–Trinajstić information content (AvgIpc) is 2.85. The van der Waals surface area contributed by atoms with E-state index >= 15 is 0 Å². The summed E-state index contributed by atoms with van der Waals surface area (Å²) in [5, 5.41) is 0.164. The summed E-state index contributed by atoms with van der Waals surface area (Å²) in [7, 11) is 2.83. The lowest BCUT2D eigenvalue weighted by atomic mass is 10.0. The number of rotatable bonds is 7. The van der Waals surface area contributed by atoms with E-state index in [1.807, 2.05) is 0 Å². The van der Waals surface area contributed by atoms with Crippen molar-refractivity contribution >= 4 is 16.7 Å². The van der Waals surface area contributed by atoms with E-state index in [0.29, 0.717) is 16.8 Å². The Morgan fingerprint density at radius 2 is 1.53 bits per heavy atom. The minimum Gasteiger partial charge on any atom is -0.493 e. The van der Waals surface area contributed by atoms with Gasteiger partial charge in [-0.15, -0.1) is 13.2 Å². The molecule has 0 saturated heterocycles. The molecule has 0 N–H and O–H groups in total. The van der Waals surface area contributed by atoms with Crippen LogP contribution in [-0.4, -0.2) is 30.9 Å². The number of fused-ring (bicyclic) bond motifs is 1. The van der Waals surface area contributed by atoms with Crippen molar-refractivity contribution in [3.63, 3.8) is 0 Å². The molecule has 1 aromatic heterocycles. The molecule has 36 heavy (non-hydrogen) atoms. The molecule has 4 aromatic rings. The second-order valence-corrected chi connectivity index (χ2v) is 7.75. The maximum Gasteiger partial charge on any atom is 0.573 e. The molecule has 0 radical (unpaired) electrons. The Bertz CT molecular complexity index is 1480. The van der Waals surface area contributed by atoms with Crippen LogP contribution in [0, 0.1) is 5.82 Å². The molecule has 0 spiro atoms. The molecule has 0 aliphatic rings. The summed E-state index contributed by atoms with van der Waals surface area (Å²) in [4.78, 5) is 26.5. The zero-order valence-corrected chi connectivity index (χ0v) is 19.1. The number of ketones is 1. The summed E-state index contributed by atoms with van der Waals surface area (Å²) in [5.41, 5.74) is 0.366. The number of benzene rings is 3. The van der Waals surface area contributed by atoms with Crippen molar-refractivity contribution < 1.29 is 36.6 Å². The summed E-state index contributed by atoms with van der Waals surface area (Å²) < 4.78 is 67.0. The molecular formula is C26H19F4NO5. The molecule has 4 rings (SSSR count). The molecule has 0 amide bonds. The summed E-state index contributed by atoms with van der Waals surface area (Å²) in [6.07, 6.45) is -3.45. The first-order valence-electron chi connectivity index (χ1n) is 10.5. The summed E-state index contributed by atoms with van der Waals surface area (Å²) >= 11 is 0. The van der Waals surface area contributed by atoms with Gasteiger partial charge in [-0.25, -0.2) is 4.39 Å². The second-order valence-electron chi connectivity index (χ2n) is 7.75. The van der Waals surface area contributed by atoms with Crippen LogP contribution in [0.4, 0.5) is 17.6 Å². The molecule has 6 nitrogen and oxygen atoms in total. The maximum absolute atomic E-state index is 13.3. The second kappa shape index (κ2) is 9.73.